The summed E-state index contributed by atoms with van der Waals surface area (Å²) in [5.41, 5.74) is 22.0. The van der Waals surface area contributed by atoms with Crippen molar-refractivity contribution in [2.24, 2.45) is 45.9 Å². The van der Waals surface area contributed by atoms with Crippen molar-refractivity contribution >= 4 is 59.3 Å². The van der Waals surface area contributed by atoms with E-state index in [-0.39, 0.29) is 123 Å². The van der Waals surface area contributed by atoms with E-state index in [1.165, 1.54) is 6.07 Å². The first-order valence-corrected chi connectivity index (χ1v) is 32.5. The number of aromatic hydroxyl groups is 2. The fourth-order valence-corrected chi connectivity index (χ4v) is 11.0. The molecule has 0 aliphatic rings. The number of benzene rings is 4. The van der Waals surface area contributed by atoms with E-state index in [4.69, 9.17) is 27.3 Å². The highest BCUT2D eigenvalue weighted by Crippen LogP contribution is 2.28. The molecule has 22 heteroatoms. The minimum Gasteiger partial charge on any atom is -0.508 e. The molecule has 0 saturated carbocycles. The number of ketones is 3. The van der Waals surface area contributed by atoms with Gasteiger partial charge in [-0.05, 0) is 182 Å². The fourth-order valence-electron chi connectivity index (χ4n) is 11.0. The number of aliphatic imine (C=N–C) groups is 1. The minimum absolute atomic E-state index is 0. The number of aliphatic carboxylic acids is 1. The van der Waals surface area contributed by atoms with Gasteiger partial charge in [0, 0.05) is 62.3 Å². The van der Waals surface area contributed by atoms with Gasteiger partial charge in [-0.2, -0.15) is 0 Å². The molecular formula is C72H108N10O12. The molecule has 94 heavy (non-hydrogen) atoms. The Bertz CT molecular complexity index is 3030. The standard InChI is InChI=1S/C36H53N5O6.C35H51N5O6.CH4/c1-23-17-18-31(42)25(3)28(23)21-27(35(45)41-30(36(46)47)15-8-9-16-33(37)38)22-32(43)29(14-10-11-19-39-4)40-34(44)24(2)20-26-12-6-5-7-13-26;1-24(10-7-8-16-38-3)32(43)21-28(19-26-11-5-4-6-12-26)34(45)40-31(13-9-17-39-35(36)37)33(44)22-30(46-23-41)20-27-14-15-29(42)18-25(27)2;/h5-7,12-13,17-18,24,27,29-30,39,42H,8-11,14-16,19-22H2,1-4H3,(H3,37,38)(H,40,44)(H,41,45)(H,46,47);4-6,11-12,14-15,18,23-24,28,30-31,38,42H,7-10,13,16-17,19-22H2,1-3H3,(H,40,45)(H4,36,37,39);1H4. The number of carboxylic acid groups (broad SMARTS) is 1. The third-order valence-electron chi connectivity index (χ3n) is 16.7. The zero-order chi connectivity index (χ0) is 68.8. The van der Waals surface area contributed by atoms with Gasteiger partial charge in [0.1, 0.15) is 29.4 Å². The van der Waals surface area contributed by atoms with E-state index in [0.717, 1.165) is 66.6 Å². The highest BCUT2D eigenvalue weighted by atomic mass is 16.5. The predicted molar refractivity (Wildman–Crippen MR) is 369 cm³/mol. The Morgan fingerprint density at radius 1 is 0.585 bits per heavy atom. The molecule has 0 saturated heterocycles. The van der Waals surface area contributed by atoms with Gasteiger partial charge in [-0.15, -0.1) is 0 Å². The summed E-state index contributed by atoms with van der Waals surface area (Å²) in [4.78, 5) is 109. The maximum absolute atomic E-state index is 14.0. The highest BCUT2D eigenvalue weighted by Gasteiger charge is 2.33. The number of hydrogen-bond acceptors (Lipinski definition) is 15. The highest BCUT2D eigenvalue weighted by molar-refractivity contribution is 5.94. The van der Waals surface area contributed by atoms with Gasteiger partial charge in [-0.1, -0.05) is 107 Å². The summed E-state index contributed by atoms with van der Waals surface area (Å²) in [6.07, 6.45) is 6.69. The lowest BCUT2D eigenvalue weighted by molar-refractivity contribution is -0.143. The lowest BCUT2D eigenvalue weighted by Gasteiger charge is -2.25. The van der Waals surface area contributed by atoms with Crippen LogP contribution < -0.4 is 43.8 Å². The van der Waals surface area contributed by atoms with Crippen molar-refractivity contribution in [3.05, 3.63) is 130 Å². The molecule has 0 bridgehead atoms. The molecule has 8 atom stereocenters. The second kappa shape index (κ2) is 44.9. The Balaban J connectivity index is 0.000000633. The van der Waals surface area contributed by atoms with Crippen LogP contribution >= 0.6 is 0 Å². The number of nitrogens with zero attached hydrogens (tertiary/aromatic N) is 1. The number of ether oxygens (including phenoxy) is 1. The number of phenols is 2. The van der Waals surface area contributed by atoms with Crippen LogP contribution in [0.2, 0.25) is 0 Å². The average Bonchev–Trinajstić information content (AvgIpc) is 1.03. The Morgan fingerprint density at radius 2 is 1.11 bits per heavy atom. The summed E-state index contributed by atoms with van der Waals surface area (Å²) in [6.45, 7) is 11.3. The second-order valence-corrected chi connectivity index (χ2v) is 24.4. The second-order valence-electron chi connectivity index (χ2n) is 24.4. The molecule has 0 aliphatic heterocycles. The number of nitrogens with one attached hydrogen (secondary N) is 6. The molecule has 0 spiro atoms. The van der Waals surface area contributed by atoms with Crippen LogP contribution in [-0.2, 0) is 68.8 Å². The number of aryl methyl sites for hydroxylation is 2. The maximum Gasteiger partial charge on any atom is 0.326 e. The first kappa shape index (κ1) is 81.6. The van der Waals surface area contributed by atoms with E-state index in [1.807, 2.05) is 102 Å². The molecular weight excluding hydrogens is 1200 g/mol. The molecule has 518 valence electrons. The van der Waals surface area contributed by atoms with Crippen LogP contribution in [0.5, 0.6) is 11.5 Å². The summed E-state index contributed by atoms with van der Waals surface area (Å²) in [7, 11) is 3.74. The molecule has 0 radical (unpaired) electrons. The molecule has 0 aromatic heterocycles. The largest absolute Gasteiger partial charge is 0.508 e. The zero-order valence-corrected chi connectivity index (χ0v) is 55.6. The third kappa shape index (κ3) is 31.4. The topological polar surface area (TPSA) is 381 Å². The fraction of sp³-hybridized carbons (Fsp3) is 0.528. The Morgan fingerprint density at radius 3 is 1.67 bits per heavy atom. The van der Waals surface area contributed by atoms with Gasteiger partial charge in [0.05, 0.1) is 17.9 Å². The summed E-state index contributed by atoms with van der Waals surface area (Å²) in [6, 6.07) is 24.4. The molecule has 15 N–H and O–H groups in total. The number of carbonyl (C=O) groups is 8. The first-order chi connectivity index (χ1) is 44.4. The van der Waals surface area contributed by atoms with E-state index in [0.29, 0.717) is 69.0 Å². The molecule has 4 aromatic carbocycles. The van der Waals surface area contributed by atoms with E-state index in [1.54, 1.807) is 31.2 Å². The number of nitrogens with two attached hydrogens (primary N) is 3. The lowest BCUT2D eigenvalue weighted by Crippen LogP contribution is -2.47. The van der Waals surface area contributed by atoms with Crippen LogP contribution in [0.4, 0.5) is 0 Å². The number of phenolic OH excluding ortho intramolecular Hbond substituents is 2. The smallest absolute Gasteiger partial charge is 0.326 e. The van der Waals surface area contributed by atoms with Crippen molar-refractivity contribution in [3.63, 3.8) is 0 Å². The van der Waals surface area contributed by atoms with Crippen LogP contribution in [0.15, 0.2) is 96.0 Å². The predicted octanol–water partition coefficient (Wildman–Crippen LogP) is 7.71. The summed E-state index contributed by atoms with van der Waals surface area (Å²) in [5, 5.41) is 52.1. The van der Waals surface area contributed by atoms with E-state index in [9.17, 15) is 53.7 Å². The van der Waals surface area contributed by atoms with E-state index >= 15 is 0 Å². The van der Waals surface area contributed by atoms with Crippen molar-refractivity contribution in [1.29, 1.82) is 5.41 Å². The number of rotatable bonds is 45. The van der Waals surface area contributed by atoms with Gasteiger partial charge in [0.2, 0.25) is 17.7 Å². The normalized spacial score (nSPS) is 13.4. The Kier molecular flexibility index (Phi) is 39.0. The van der Waals surface area contributed by atoms with Gasteiger partial charge in [-0.3, -0.25) is 44.0 Å². The minimum atomic E-state index is -1.20. The monoisotopic (exact) mass is 1300 g/mol. The molecule has 4 aromatic rings. The first-order valence-electron chi connectivity index (χ1n) is 32.5. The quantitative estimate of drug-likeness (QED) is 0.00872. The SMILES string of the molecule is C.CNCCCCC(C)C(=O)CC(Cc1ccccc1)C(=O)NC(CCCN=C(N)N)C(=O)CC(Cc1ccc(O)cc1C)OC=O.CNCCCCC(NC(=O)C(C)Cc1ccccc1)C(=O)CC(Cc1c(C)ccc(O)c1C)C(=O)NC(CCCCC(=N)N)C(=O)O. The van der Waals surface area contributed by atoms with Crippen LogP contribution in [-0.4, -0.2) is 133 Å². The maximum atomic E-state index is 14.0. The molecule has 8 unspecified atom stereocenters. The number of carbonyl (C=O) groups excluding carboxylic acids is 7. The summed E-state index contributed by atoms with van der Waals surface area (Å²) < 4.78 is 5.29. The number of guanidine groups is 1. The molecule has 0 aliphatic carbocycles. The van der Waals surface area contributed by atoms with Crippen molar-refractivity contribution in [3.8, 4) is 11.5 Å². The zero-order valence-electron chi connectivity index (χ0n) is 55.6. The Hall–Kier alpha value is -8.50. The number of unbranched alkanes of at least 4 members (excludes halogenated alkanes) is 3. The van der Waals surface area contributed by atoms with Gasteiger partial charge >= 0.3 is 5.97 Å². The van der Waals surface area contributed by atoms with Crippen LogP contribution in [0, 0.1) is 49.9 Å². The number of Topliss-reactive ketones (excluding diaryl/α,β-unsaturated/α-hetero) is 3. The summed E-state index contributed by atoms with van der Waals surface area (Å²) in [5.74, 6) is -5.12. The van der Waals surface area contributed by atoms with Gasteiger partial charge < -0.3 is 63.8 Å². The molecule has 3 amide bonds. The van der Waals surface area contributed by atoms with Crippen molar-refractivity contribution in [1.82, 2.24) is 26.6 Å². The van der Waals surface area contributed by atoms with Crippen LogP contribution in [0.3, 0.4) is 0 Å². The molecule has 22 nitrogen and oxygen atoms in total. The number of carboxylic acids is 1. The van der Waals surface area contributed by atoms with Crippen molar-refractivity contribution < 1.29 is 58.4 Å². The Labute approximate surface area is 556 Å². The van der Waals surface area contributed by atoms with Crippen LogP contribution in [0.25, 0.3) is 0 Å². The average molecular weight is 1310 g/mol. The third-order valence-corrected chi connectivity index (χ3v) is 16.7. The van der Waals surface area contributed by atoms with Gasteiger partial charge in [0.25, 0.3) is 6.47 Å². The molecule has 0 fully saturated rings. The molecule has 4 rings (SSSR count). The van der Waals surface area contributed by atoms with Crippen molar-refractivity contribution in [2.45, 2.75) is 188 Å². The van der Waals surface area contributed by atoms with Gasteiger partial charge in [0.15, 0.2) is 17.5 Å². The summed E-state index contributed by atoms with van der Waals surface area (Å²) >= 11 is 0. The number of amides is 3. The number of amidine groups is 1. The van der Waals surface area contributed by atoms with E-state index < -0.39 is 47.9 Å². The van der Waals surface area contributed by atoms with Crippen molar-refractivity contribution in [2.75, 3.05) is 33.7 Å². The molecule has 0 heterocycles. The van der Waals surface area contributed by atoms with E-state index in [2.05, 4.69) is 31.6 Å². The van der Waals surface area contributed by atoms with Crippen LogP contribution in [0.1, 0.15) is 157 Å². The lowest BCUT2D eigenvalue weighted by atomic mass is 9.86. The van der Waals surface area contributed by atoms with Gasteiger partial charge in [-0.25, -0.2) is 4.79 Å². The number of hydrogen-bond donors (Lipinski definition) is 12.